The maximum absolute atomic E-state index is 11.8. The van der Waals surface area contributed by atoms with E-state index < -0.39 is 0 Å². The molecule has 0 saturated carbocycles. The Balaban J connectivity index is 1.78. The number of benzene rings is 2. The SMILES string of the molecule is Nc1cccc(SCCC(=O)Nc2cccc(Cl)c2)c1. The molecule has 2 aromatic carbocycles. The molecule has 104 valence electrons. The van der Waals surface area contributed by atoms with Crippen LogP contribution >= 0.6 is 23.4 Å². The molecule has 0 heterocycles. The van der Waals surface area contributed by atoms with Gasteiger partial charge in [-0.05, 0) is 36.4 Å². The molecular formula is C15H15ClN2OS. The smallest absolute Gasteiger partial charge is 0.225 e. The Morgan fingerprint density at radius 3 is 2.75 bits per heavy atom. The van der Waals surface area contributed by atoms with Gasteiger partial charge in [-0.1, -0.05) is 23.7 Å². The molecule has 0 aliphatic rings. The molecule has 2 rings (SSSR count). The molecule has 0 aliphatic heterocycles. The van der Waals surface area contributed by atoms with E-state index in [9.17, 15) is 4.79 Å². The molecule has 3 nitrogen and oxygen atoms in total. The Bertz CT molecular complexity index is 604. The number of anilines is 2. The summed E-state index contributed by atoms with van der Waals surface area (Å²) in [5.41, 5.74) is 7.15. The van der Waals surface area contributed by atoms with Gasteiger partial charge >= 0.3 is 0 Å². The topological polar surface area (TPSA) is 55.1 Å². The van der Waals surface area contributed by atoms with Gasteiger partial charge in [0.2, 0.25) is 5.91 Å². The summed E-state index contributed by atoms with van der Waals surface area (Å²) in [4.78, 5) is 12.9. The second-order valence-corrected chi connectivity index (χ2v) is 5.83. The molecule has 0 aromatic heterocycles. The molecule has 1 amide bonds. The van der Waals surface area contributed by atoms with E-state index in [1.807, 2.05) is 30.3 Å². The molecule has 0 aliphatic carbocycles. The largest absolute Gasteiger partial charge is 0.399 e. The van der Waals surface area contributed by atoms with Crippen molar-refractivity contribution >= 4 is 40.6 Å². The van der Waals surface area contributed by atoms with Crippen molar-refractivity contribution in [3.05, 3.63) is 53.6 Å². The number of hydrogen-bond donors (Lipinski definition) is 2. The van der Waals surface area contributed by atoms with E-state index in [-0.39, 0.29) is 5.91 Å². The Morgan fingerprint density at radius 1 is 1.20 bits per heavy atom. The summed E-state index contributed by atoms with van der Waals surface area (Å²) in [7, 11) is 0. The van der Waals surface area contributed by atoms with Crippen LogP contribution < -0.4 is 11.1 Å². The number of nitrogens with two attached hydrogens (primary N) is 1. The van der Waals surface area contributed by atoms with E-state index >= 15 is 0 Å². The predicted molar refractivity (Wildman–Crippen MR) is 86.3 cm³/mol. The zero-order valence-electron chi connectivity index (χ0n) is 10.8. The van der Waals surface area contributed by atoms with Crippen molar-refractivity contribution in [3.63, 3.8) is 0 Å². The second kappa shape index (κ2) is 7.22. The minimum absolute atomic E-state index is 0.0244. The summed E-state index contributed by atoms with van der Waals surface area (Å²) >= 11 is 7.47. The molecule has 0 saturated heterocycles. The van der Waals surface area contributed by atoms with Gasteiger partial charge in [0.25, 0.3) is 0 Å². The average molecular weight is 307 g/mol. The minimum atomic E-state index is -0.0244. The van der Waals surface area contributed by atoms with Gasteiger partial charge in [0.05, 0.1) is 0 Å². The number of amides is 1. The van der Waals surface area contributed by atoms with Crippen LogP contribution in [0.5, 0.6) is 0 Å². The van der Waals surface area contributed by atoms with Crippen molar-refractivity contribution in [1.29, 1.82) is 0 Å². The number of nitrogens with one attached hydrogen (secondary N) is 1. The summed E-state index contributed by atoms with van der Waals surface area (Å²) < 4.78 is 0. The van der Waals surface area contributed by atoms with E-state index in [0.29, 0.717) is 17.2 Å². The van der Waals surface area contributed by atoms with E-state index in [4.69, 9.17) is 17.3 Å². The minimum Gasteiger partial charge on any atom is -0.399 e. The molecule has 0 unspecified atom stereocenters. The van der Waals surface area contributed by atoms with Gasteiger partial charge in [0.15, 0.2) is 0 Å². The third-order valence-electron chi connectivity index (χ3n) is 2.56. The fraction of sp³-hybridized carbons (Fsp3) is 0.133. The third kappa shape index (κ3) is 4.79. The molecule has 0 bridgehead atoms. The van der Waals surface area contributed by atoms with Crippen molar-refractivity contribution in [2.45, 2.75) is 11.3 Å². The van der Waals surface area contributed by atoms with Crippen LogP contribution in [-0.4, -0.2) is 11.7 Å². The Kier molecular flexibility index (Phi) is 5.32. The van der Waals surface area contributed by atoms with Gasteiger partial charge in [0.1, 0.15) is 0 Å². The average Bonchev–Trinajstić information content (AvgIpc) is 2.38. The molecule has 2 aromatic rings. The van der Waals surface area contributed by atoms with Crippen molar-refractivity contribution in [2.24, 2.45) is 0 Å². The Hall–Kier alpha value is -1.65. The van der Waals surface area contributed by atoms with E-state index in [0.717, 1.165) is 16.3 Å². The number of rotatable bonds is 5. The van der Waals surface area contributed by atoms with Crippen LogP contribution in [0.25, 0.3) is 0 Å². The lowest BCUT2D eigenvalue weighted by Gasteiger charge is -2.06. The van der Waals surface area contributed by atoms with Crippen LogP contribution in [0.2, 0.25) is 5.02 Å². The van der Waals surface area contributed by atoms with Crippen LogP contribution in [0.4, 0.5) is 11.4 Å². The summed E-state index contributed by atoms with van der Waals surface area (Å²) in [6.07, 6.45) is 0.436. The van der Waals surface area contributed by atoms with Crippen molar-refractivity contribution in [1.82, 2.24) is 0 Å². The quantitative estimate of drug-likeness (QED) is 0.647. The normalized spacial score (nSPS) is 10.2. The summed E-state index contributed by atoms with van der Waals surface area (Å²) in [6.45, 7) is 0. The highest BCUT2D eigenvalue weighted by molar-refractivity contribution is 7.99. The van der Waals surface area contributed by atoms with Crippen LogP contribution in [0.3, 0.4) is 0 Å². The fourth-order valence-corrected chi connectivity index (χ4v) is 2.76. The first-order chi connectivity index (χ1) is 9.63. The molecule has 0 radical (unpaired) electrons. The zero-order valence-corrected chi connectivity index (χ0v) is 12.4. The first kappa shape index (κ1) is 14.8. The lowest BCUT2D eigenvalue weighted by atomic mass is 10.3. The summed E-state index contributed by atoms with van der Waals surface area (Å²) in [5, 5.41) is 3.43. The molecule has 0 spiro atoms. The van der Waals surface area contributed by atoms with E-state index in [1.165, 1.54) is 0 Å². The highest BCUT2D eigenvalue weighted by atomic mass is 35.5. The number of nitrogen functional groups attached to an aromatic ring is 1. The number of carbonyl (C=O) groups excluding carboxylic acids is 1. The monoisotopic (exact) mass is 306 g/mol. The van der Waals surface area contributed by atoms with Gasteiger partial charge in [-0.3, -0.25) is 4.79 Å². The molecule has 5 heteroatoms. The first-order valence-corrected chi connectivity index (χ1v) is 7.53. The molecule has 0 atom stereocenters. The first-order valence-electron chi connectivity index (χ1n) is 6.17. The van der Waals surface area contributed by atoms with Gasteiger partial charge in [-0.2, -0.15) is 0 Å². The second-order valence-electron chi connectivity index (χ2n) is 4.23. The van der Waals surface area contributed by atoms with Crippen molar-refractivity contribution < 1.29 is 4.79 Å². The van der Waals surface area contributed by atoms with Crippen LogP contribution in [0.15, 0.2) is 53.4 Å². The van der Waals surface area contributed by atoms with Crippen LogP contribution in [0, 0.1) is 0 Å². The molecule has 20 heavy (non-hydrogen) atoms. The highest BCUT2D eigenvalue weighted by Gasteiger charge is 2.03. The molecule has 3 N–H and O–H groups in total. The molecular weight excluding hydrogens is 292 g/mol. The lowest BCUT2D eigenvalue weighted by molar-refractivity contribution is -0.115. The molecule has 0 fully saturated rings. The van der Waals surface area contributed by atoms with Crippen LogP contribution in [-0.2, 0) is 4.79 Å². The van der Waals surface area contributed by atoms with E-state index in [1.54, 1.807) is 30.0 Å². The van der Waals surface area contributed by atoms with E-state index in [2.05, 4.69) is 5.32 Å². The van der Waals surface area contributed by atoms with Gasteiger partial charge in [-0.25, -0.2) is 0 Å². The Labute approximate surface area is 127 Å². The lowest BCUT2D eigenvalue weighted by Crippen LogP contribution is -2.12. The number of hydrogen-bond acceptors (Lipinski definition) is 3. The van der Waals surface area contributed by atoms with Gasteiger partial charge < -0.3 is 11.1 Å². The number of halogens is 1. The van der Waals surface area contributed by atoms with Crippen molar-refractivity contribution in [3.8, 4) is 0 Å². The fourth-order valence-electron chi connectivity index (χ4n) is 1.66. The third-order valence-corrected chi connectivity index (χ3v) is 3.79. The predicted octanol–water partition coefficient (Wildman–Crippen LogP) is 4.04. The maximum atomic E-state index is 11.8. The number of carbonyl (C=O) groups is 1. The van der Waals surface area contributed by atoms with Gasteiger partial charge in [0, 0.05) is 33.5 Å². The maximum Gasteiger partial charge on any atom is 0.225 e. The number of thioether (sulfide) groups is 1. The summed E-state index contributed by atoms with van der Waals surface area (Å²) in [6, 6.07) is 14.8. The summed E-state index contributed by atoms with van der Waals surface area (Å²) in [5.74, 6) is 0.680. The Morgan fingerprint density at radius 2 is 2.00 bits per heavy atom. The van der Waals surface area contributed by atoms with Gasteiger partial charge in [-0.15, -0.1) is 11.8 Å². The standard InChI is InChI=1S/C15H15ClN2OS/c16-11-3-1-5-13(9-11)18-15(19)7-8-20-14-6-2-4-12(17)10-14/h1-6,9-10H,7-8,17H2,(H,18,19). The zero-order chi connectivity index (χ0) is 14.4. The van der Waals surface area contributed by atoms with Crippen molar-refractivity contribution in [2.75, 3.05) is 16.8 Å². The van der Waals surface area contributed by atoms with Crippen LogP contribution in [0.1, 0.15) is 6.42 Å². The highest BCUT2D eigenvalue weighted by Crippen LogP contribution is 2.21.